The molecule has 0 aliphatic carbocycles. The van der Waals surface area contributed by atoms with Crippen LogP contribution in [0.4, 0.5) is 0 Å². The van der Waals surface area contributed by atoms with Crippen molar-refractivity contribution in [3.05, 3.63) is 23.4 Å². The van der Waals surface area contributed by atoms with Crippen molar-refractivity contribution in [2.45, 2.75) is 26.3 Å². The third-order valence-corrected chi connectivity index (χ3v) is 2.13. The fourth-order valence-corrected chi connectivity index (χ4v) is 1.39. The zero-order valence-electron chi connectivity index (χ0n) is 11.3. The highest BCUT2D eigenvalue weighted by Gasteiger charge is 2.09. The van der Waals surface area contributed by atoms with E-state index in [0.717, 1.165) is 0 Å². The Balaban J connectivity index is 0.00000324. The molecule has 0 bridgehead atoms. The molecule has 0 fully saturated rings. The zero-order chi connectivity index (χ0) is 13.6. The first kappa shape index (κ1) is 18.2. The molecule has 0 atom stereocenters. The van der Waals surface area contributed by atoms with Gasteiger partial charge in [-0.1, -0.05) is 11.6 Å². The van der Waals surface area contributed by atoms with Gasteiger partial charge >= 0.3 is 0 Å². The predicted octanol–water partition coefficient (Wildman–Crippen LogP) is 2.43. The van der Waals surface area contributed by atoms with Crippen LogP contribution in [0.2, 0.25) is 5.02 Å². The van der Waals surface area contributed by atoms with Gasteiger partial charge in [0, 0.05) is 11.7 Å². The quantitative estimate of drug-likeness (QED) is 0.354. The highest BCUT2D eigenvalue weighted by atomic mass is 127. The number of hydrogen-bond acceptors (Lipinski definition) is 3. The first-order chi connectivity index (χ1) is 8.38. The molecule has 1 aromatic rings. The van der Waals surface area contributed by atoms with Crippen LogP contribution in [0.1, 0.15) is 20.8 Å². The number of nitrogens with two attached hydrogens (primary N) is 1. The normalized spacial score (nSPS) is 11.7. The molecule has 108 valence electrons. The van der Waals surface area contributed by atoms with Crippen molar-refractivity contribution in [2.24, 2.45) is 10.7 Å². The summed E-state index contributed by atoms with van der Waals surface area (Å²) in [5, 5.41) is 3.55. The standard InChI is InChI=1S/C12H19ClN4O.HI/c1-12(2,3)17-11(14)16-7-8-18-10-9(13)5-4-6-15-10;/h4-6H,7-8H2,1-3H3,(H3,14,16,17);1H. The van der Waals surface area contributed by atoms with Gasteiger partial charge in [-0.3, -0.25) is 0 Å². The van der Waals surface area contributed by atoms with Crippen molar-refractivity contribution < 1.29 is 4.74 Å². The first-order valence-corrected chi connectivity index (χ1v) is 6.08. The monoisotopic (exact) mass is 398 g/mol. The van der Waals surface area contributed by atoms with E-state index in [2.05, 4.69) is 15.3 Å². The number of aliphatic imine (C=N–C) groups is 1. The van der Waals surface area contributed by atoms with Crippen LogP contribution in [0, 0.1) is 0 Å². The van der Waals surface area contributed by atoms with Crippen LogP contribution in [0.3, 0.4) is 0 Å². The molecule has 0 spiro atoms. The second-order valence-electron chi connectivity index (χ2n) is 4.78. The molecule has 0 radical (unpaired) electrons. The van der Waals surface area contributed by atoms with E-state index in [1.165, 1.54) is 0 Å². The molecular formula is C12H20ClIN4O. The minimum absolute atomic E-state index is 0. The van der Waals surface area contributed by atoms with Gasteiger partial charge in [0.1, 0.15) is 11.6 Å². The number of rotatable bonds is 4. The molecule has 0 saturated carbocycles. The first-order valence-electron chi connectivity index (χ1n) is 5.70. The molecule has 0 aliphatic rings. The number of hydrogen-bond donors (Lipinski definition) is 2. The minimum atomic E-state index is -0.0985. The SMILES string of the molecule is CC(C)(C)NC(N)=NCCOc1ncccc1Cl.I. The lowest BCUT2D eigenvalue weighted by molar-refractivity contribution is 0.316. The van der Waals surface area contributed by atoms with Crippen LogP contribution in [0.15, 0.2) is 23.3 Å². The van der Waals surface area contributed by atoms with Crippen molar-refractivity contribution in [1.82, 2.24) is 10.3 Å². The molecule has 0 saturated heterocycles. The van der Waals surface area contributed by atoms with Crippen LogP contribution in [0.25, 0.3) is 0 Å². The molecule has 1 rings (SSSR count). The Kier molecular flexibility index (Phi) is 8.08. The molecular weight excluding hydrogens is 379 g/mol. The fraction of sp³-hybridized carbons (Fsp3) is 0.500. The van der Waals surface area contributed by atoms with E-state index in [9.17, 15) is 0 Å². The van der Waals surface area contributed by atoms with E-state index in [1.54, 1.807) is 18.3 Å². The molecule has 5 nitrogen and oxygen atoms in total. The summed E-state index contributed by atoms with van der Waals surface area (Å²) in [6.45, 7) is 6.86. The summed E-state index contributed by atoms with van der Waals surface area (Å²) in [4.78, 5) is 8.15. The molecule has 7 heteroatoms. The van der Waals surface area contributed by atoms with Crippen molar-refractivity contribution in [3.8, 4) is 5.88 Å². The van der Waals surface area contributed by atoms with Gasteiger partial charge < -0.3 is 15.8 Å². The Morgan fingerprint density at radius 3 is 2.79 bits per heavy atom. The van der Waals surface area contributed by atoms with Gasteiger partial charge in [0.25, 0.3) is 0 Å². The van der Waals surface area contributed by atoms with Crippen LogP contribution in [0.5, 0.6) is 5.88 Å². The number of guanidine groups is 1. The summed E-state index contributed by atoms with van der Waals surface area (Å²) >= 11 is 5.89. The topological polar surface area (TPSA) is 72.5 Å². The largest absolute Gasteiger partial charge is 0.475 e. The lowest BCUT2D eigenvalue weighted by Crippen LogP contribution is -2.45. The molecule has 19 heavy (non-hydrogen) atoms. The maximum atomic E-state index is 5.89. The minimum Gasteiger partial charge on any atom is -0.475 e. The Bertz CT molecular complexity index is 420. The third-order valence-electron chi connectivity index (χ3n) is 1.84. The number of pyridine rings is 1. The van der Waals surface area contributed by atoms with Crippen LogP contribution < -0.4 is 15.8 Å². The lowest BCUT2D eigenvalue weighted by Gasteiger charge is -2.20. The zero-order valence-corrected chi connectivity index (χ0v) is 14.4. The molecule has 3 N–H and O–H groups in total. The van der Waals surface area contributed by atoms with Crippen LogP contribution in [-0.2, 0) is 0 Å². The van der Waals surface area contributed by atoms with Crippen molar-refractivity contribution in [2.75, 3.05) is 13.2 Å². The second kappa shape index (κ2) is 8.42. The number of halogens is 2. The molecule has 1 heterocycles. The Hall–Kier alpha value is -0.760. The van der Waals surface area contributed by atoms with E-state index in [4.69, 9.17) is 22.1 Å². The Morgan fingerprint density at radius 2 is 2.21 bits per heavy atom. The number of nitrogens with one attached hydrogen (secondary N) is 1. The van der Waals surface area contributed by atoms with Gasteiger partial charge in [-0.25, -0.2) is 9.98 Å². The van der Waals surface area contributed by atoms with Gasteiger partial charge in [0.2, 0.25) is 5.88 Å². The average molecular weight is 399 g/mol. The van der Waals surface area contributed by atoms with Gasteiger partial charge in [0.05, 0.1) is 6.54 Å². The highest BCUT2D eigenvalue weighted by Crippen LogP contribution is 2.19. The van der Waals surface area contributed by atoms with E-state index < -0.39 is 0 Å². The molecule has 0 aliphatic heterocycles. The van der Waals surface area contributed by atoms with Crippen molar-refractivity contribution in [3.63, 3.8) is 0 Å². The Labute approximate surface area is 136 Å². The molecule has 0 aromatic carbocycles. The predicted molar refractivity (Wildman–Crippen MR) is 89.5 cm³/mol. The summed E-state index contributed by atoms with van der Waals surface area (Å²) in [5.41, 5.74) is 5.61. The van der Waals surface area contributed by atoms with Crippen LogP contribution in [-0.4, -0.2) is 29.6 Å². The van der Waals surface area contributed by atoms with Gasteiger partial charge in [-0.05, 0) is 32.9 Å². The van der Waals surface area contributed by atoms with Gasteiger partial charge in [-0.2, -0.15) is 0 Å². The second-order valence-corrected chi connectivity index (χ2v) is 5.19. The van der Waals surface area contributed by atoms with E-state index in [-0.39, 0.29) is 29.5 Å². The van der Waals surface area contributed by atoms with E-state index in [0.29, 0.717) is 30.0 Å². The maximum absolute atomic E-state index is 5.89. The molecule has 0 unspecified atom stereocenters. The number of aromatic nitrogens is 1. The molecule has 1 aromatic heterocycles. The number of nitrogens with zero attached hydrogens (tertiary/aromatic N) is 2. The Morgan fingerprint density at radius 1 is 1.53 bits per heavy atom. The fourth-order valence-electron chi connectivity index (χ4n) is 1.21. The van der Waals surface area contributed by atoms with Gasteiger partial charge in [0.15, 0.2) is 5.96 Å². The van der Waals surface area contributed by atoms with Gasteiger partial charge in [-0.15, -0.1) is 24.0 Å². The summed E-state index contributed by atoms with van der Waals surface area (Å²) in [6, 6.07) is 3.47. The summed E-state index contributed by atoms with van der Waals surface area (Å²) < 4.78 is 5.38. The smallest absolute Gasteiger partial charge is 0.232 e. The summed E-state index contributed by atoms with van der Waals surface area (Å²) in [6.07, 6.45) is 1.63. The van der Waals surface area contributed by atoms with Crippen molar-refractivity contribution >= 4 is 41.5 Å². The molecule has 0 amide bonds. The van der Waals surface area contributed by atoms with E-state index >= 15 is 0 Å². The van der Waals surface area contributed by atoms with Crippen LogP contribution >= 0.6 is 35.6 Å². The lowest BCUT2D eigenvalue weighted by atomic mass is 10.1. The highest BCUT2D eigenvalue weighted by molar-refractivity contribution is 14.0. The average Bonchev–Trinajstić information content (AvgIpc) is 2.24. The van der Waals surface area contributed by atoms with E-state index in [1.807, 2.05) is 20.8 Å². The summed E-state index contributed by atoms with van der Waals surface area (Å²) in [5.74, 6) is 0.815. The summed E-state index contributed by atoms with van der Waals surface area (Å²) in [7, 11) is 0. The number of ether oxygens (including phenoxy) is 1. The van der Waals surface area contributed by atoms with Crippen molar-refractivity contribution in [1.29, 1.82) is 0 Å². The third kappa shape index (κ3) is 8.10. The maximum Gasteiger partial charge on any atom is 0.232 e.